The molecule has 0 amide bonds. The van der Waals surface area contributed by atoms with Crippen LogP contribution in [0.4, 0.5) is 8.78 Å². The van der Waals surface area contributed by atoms with E-state index >= 15 is 0 Å². The highest BCUT2D eigenvalue weighted by atomic mass is 19.2. The maximum absolute atomic E-state index is 13.2. The highest BCUT2D eigenvalue weighted by molar-refractivity contribution is 5.97. The third-order valence-electron chi connectivity index (χ3n) is 2.57. The summed E-state index contributed by atoms with van der Waals surface area (Å²) in [7, 11) is 0. The zero-order chi connectivity index (χ0) is 10.8. The van der Waals surface area contributed by atoms with E-state index in [4.69, 9.17) is 0 Å². The fraction of sp³-hybridized carbons (Fsp3) is 0.364. The van der Waals surface area contributed by atoms with Crippen LogP contribution in [0.1, 0.15) is 16.8 Å². The number of rotatable bonds is 3. The smallest absolute Gasteiger partial charge is 0.179 e. The maximum Gasteiger partial charge on any atom is 0.179 e. The Hall–Kier alpha value is -1.29. The first-order valence-electron chi connectivity index (χ1n) is 4.88. The van der Waals surface area contributed by atoms with Gasteiger partial charge in [-0.05, 0) is 31.6 Å². The number of ketones is 1. The van der Waals surface area contributed by atoms with Gasteiger partial charge in [0.15, 0.2) is 17.4 Å². The molecule has 0 bridgehead atoms. The largest absolute Gasteiger partial charge is 0.296 e. The maximum atomic E-state index is 13.2. The van der Waals surface area contributed by atoms with Gasteiger partial charge < -0.3 is 0 Å². The zero-order valence-corrected chi connectivity index (χ0v) is 8.17. The molecule has 1 heterocycles. The minimum atomic E-state index is -1.04. The van der Waals surface area contributed by atoms with Gasteiger partial charge in [0.2, 0.25) is 0 Å². The van der Waals surface area contributed by atoms with Gasteiger partial charge in [-0.1, -0.05) is 6.07 Å². The van der Waals surface area contributed by atoms with Crippen LogP contribution in [0.3, 0.4) is 0 Å². The van der Waals surface area contributed by atoms with E-state index in [0.717, 1.165) is 25.6 Å². The molecule has 1 aliphatic heterocycles. The van der Waals surface area contributed by atoms with E-state index in [-0.39, 0.29) is 17.9 Å². The van der Waals surface area contributed by atoms with Crippen molar-refractivity contribution in [3.63, 3.8) is 0 Å². The Morgan fingerprint density at radius 3 is 2.67 bits per heavy atom. The number of nitrogens with zero attached hydrogens (tertiary/aromatic N) is 1. The molecule has 2 nitrogen and oxygen atoms in total. The van der Waals surface area contributed by atoms with Gasteiger partial charge in [0.25, 0.3) is 0 Å². The summed E-state index contributed by atoms with van der Waals surface area (Å²) >= 11 is 0. The molecular formula is C11H11F2NO. The zero-order valence-electron chi connectivity index (χ0n) is 8.17. The Morgan fingerprint density at radius 1 is 1.33 bits per heavy atom. The van der Waals surface area contributed by atoms with Gasteiger partial charge in [-0.25, -0.2) is 8.78 Å². The van der Waals surface area contributed by atoms with Gasteiger partial charge in [0.05, 0.1) is 12.1 Å². The Bertz CT molecular complexity index is 388. The summed E-state index contributed by atoms with van der Waals surface area (Å²) in [4.78, 5) is 13.5. The number of Topliss-reactive ketones (excluding diaryl/α,β-unsaturated/α-hetero) is 1. The van der Waals surface area contributed by atoms with Gasteiger partial charge in [-0.15, -0.1) is 0 Å². The van der Waals surface area contributed by atoms with Crippen LogP contribution in [0, 0.1) is 11.6 Å². The van der Waals surface area contributed by atoms with Crippen molar-refractivity contribution in [2.45, 2.75) is 6.42 Å². The molecule has 1 saturated heterocycles. The molecule has 80 valence electrons. The number of likely N-dealkylation sites (tertiary alicyclic amines) is 1. The summed E-state index contributed by atoms with van der Waals surface area (Å²) in [5.41, 5.74) is -0.151. The van der Waals surface area contributed by atoms with Crippen LogP contribution in [-0.4, -0.2) is 30.3 Å². The van der Waals surface area contributed by atoms with Crippen molar-refractivity contribution in [1.29, 1.82) is 0 Å². The number of hydrogen-bond donors (Lipinski definition) is 0. The third-order valence-corrected chi connectivity index (χ3v) is 2.57. The average Bonchev–Trinajstić information content (AvgIpc) is 2.15. The summed E-state index contributed by atoms with van der Waals surface area (Å²) in [6, 6.07) is 3.68. The van der Waals surface area contributed by atoms with Crippen molar-refractivity contribution in [3.05, 3.63) is 35.4 Å². The normalized spacial score (nSPS) is 16.1. The monoisotopic (exact) mass is 211 g/mol. The van der Waals surface area contributed by atoms with Gasteiger partial charge >= 0.3 is 0 Å². The van der Waals surface area contributed by atoms with E-state index in [1.54, 1.807) is 0 Å². The first-order chi connectivity index (χ1) is 7.18. The van der Waals surface area contributed by atoms with E-state index in [0.29, 0.717) is 0 Å². The Labute approximate surface area is 86.5 Å². The summed E-state index contributed by atoms with van der Waals surface area (Å²) in [5.74, 6) is -2.36. The summed E-state index contributed by atoms with van der Waals surface area (Å²) in [6.45, 7) is 1.91. The van der Waals surface area contributed by atoms with Crippen LogP contribution in [0.25, 0.3) is 0 Å². The first kappa shape index (κ1) is 10.2. The molecule has 4 heteroatoms. The molecule has 0 atom stereocenters. The van der Waals surface area contributed by atoms with Crippen LogP contribution in [-0.2, 0) is 0 Å². The molecule has 1 aromatic rings. The van der Waals surface area contributed by atoms with Crippen LogP contribution < -0.4 is 0 Å². The second-order valence-corrected chi connectivity index (χ2v) is 3.65. The highest BCUT2D eigenvalue weighted by Crippen LogP contribution is 2.14. The van der Waals surface area contributed by atoms with E-state index in [2.05, 4.69) is 0 Å². The van der Waals surface area contributed by atoms with E-state index in [1.165, 1.54) is 12.1 Å². The van der Waals surface area contributed by atoms with Crippen molar-refractivity contribution in [2.75, 3.05) is 19.6 Å². The van der Waals surface area contributed by atoms with E-state index < -0.39 is 11.6 Å². The molecule has 0 unspecified atom stereocenters. The molecule has 0 N–H and O–H groups in total. The van der Waals surface area contributed by atoms with Crippen molar-refractivity contribution < 1.29 is 13.6 Å². The Kier molecular flexibility index (Phi) is 2.77. The Balaban J connectivity index is 2.13. The van der Waals surface area contributed by atoms with Crippen LogP contribution in [0.15, 0.2) is 18.2 Å². The molecule has 0 aliphatic carbocycles. The van der Waals surface area contributed by atoms with E-state index in [1.807, 2.05) is 4.90 Å². The summed E-state index contributed by atoms with van der Waals surface area (Å²) < 4.78 is 26.0. The number of carbonyl (C=O) groups is 1. The lowest BCUT2D eigenvalue weighted by atomic mass is 10.1. The molecule has 0 saturated carbocycles. The number of halogens is 2. The second-order valence-electron chi connectivity index (χ2n) is 3.65. The molecule has 0 radical (unpaired) electrons. The van der Waals surface area contributed by atoms with Gasteiger partial charge in [0.1, 0.15) is 0 Å². The molecular weight excluding hydrogens is 200 g/mol. The predicted molar refractivity (Wildman–Crippen MR) is 51.7 cm³/mol. The van der Waals surface area contributed by atoms with Crippen LogP contribution in [0.5, 0.6) is 0 Å². The highest BCUT2D eigenvalue weighted by Gasteiger charge is 2.21. The van der Waals surface area contributed by atoms with Crippen molar-refractivity contribution in [3.8, 4) is 0 Å². The van der Waals surface area contributed by atoms with Crippen molar-refractivity contribution >= 4 is 5.78 Å². The minimum Gasteiger partial charge on any atom is -0.296 e. The molecule has 15 heavy (non-hydrogen) atoms. The standard InChI is InChI=1S/C11H11F2NO/c12-9-4-1-3-8(11(9)13)10(15)7-14-5-2-6-14/h1,3-4H,2,5-7H2. The molecule has 1 aliphatic rings. The number of hydrogen-bond acceptors (Lipinski definition) is 2. The number of benzene rings is 1. The van der Waals surface area contributed by atoms with Crippen molar-refractivity contribution in [2.24, 2.45) is 0 Å². The summed E-state index contributed by atoms with van der Waals surface area (Å²) in [6.07, 6.45) is 1.07. The molecule has 1 aromatic carbocycles. The van der Waals surface area contributed by atoms with Crippen molar-refractivity contribution in [1.82, 2.24) is 4.90 Å². The lowest BCUT2D eigenvalue weighted by Crippen LogP contribution is -2.40. The van der Waals surface area contributed by atoms with Gasteiger partial charge in [-0.3, -0.25) is 9.69 Å². The lowest BCUT2D eigenvalue weighted by Gasteiger charge is -2.29. The topological polar surface area (TPSA) is 20.3 Å². The molecule has 1 fully saturated rings. The minimum absolute atomic E-state index is 0.151. The average molecular weight is 211 g/mol. The van der Waals surface area contributed by atoms with Gasteiger partial charge in [0, 0.05) is 0 Å². The predicted octanol–water partition coefficient (Wildman–Crippen LogP) is 1.85. The molecule has 0 spiro atoms. The fourth-order valence-electron chi connectivity index (χ4n) is 1.55. The van der Waals surface area contributed by atoms with Crippen LogP contribution in [0.2, 0.25) is 0 Å². The Morgan fingerprint density at radius 2 is 2.07 bits per heavy atom. The molecule has 0 aromatic heterocycles. The van der Waals surface area contributed by atoms with E-state index in [9.17, 15) is 13.6 Å². The number of carbonyl (C=O) groups excluding carboxylic acids is 1. The molecule has 2 rings (SSSR count). The quantitative estimate of drug-likeness (QED) is 0.711. The second kappa shape index (κ2) is 4.06. The summed E-state index contributed by atoms with van der Waals surface area (Å²) in [5, 5.41) is 0. The van der Waals surface area contributed by atoms with Gasteiger partial charge in [-0.2, -0.15) is 0 Å². The lowest BCUT2D eigenvalue weighted by molar-refractivity contribution is 0.0870. The third kappa shape index (κ3) is 2.04. The first-order valence-corrected chi connectivity index (χ1v) is 4.88. The SMILES string of the molecule is O=C(CN1CCC1)c1cccc(F)c1F. The van der Waals surface area contributed by atoms with Crippen LogP contribution >= 0.6 is 0 Å². The fourth-order valence-corrected chi connectivity index (χ4v) is 1.55.